The van der Waals surface area contributed by atoms with Crippen LogP contribution in [0.1, 0.15) is 28.4 Å². The molecule has 0 atom stereocenters. The molecule has 0 bridgehead atoms. The van der Waals surface area contributed by atoms with E-state index in [2.05, 4.69) is 15.8 Å². The number of carbonyl (C=O) groups excluding carboxylic acids is 3. The molecule has 0 aliphatic heterocycles. The van der Waals surface area contributed by atoms with Crippen LogP contribution >= 0.6 is 0 Å². The first-order valence-electron chi connectivity index (χ1n) is 10.1. The van der Waals surface area contributed by atoms with Crippen LogP contribution in [-0.4, -0.2) is 30.6 Å². The fourth-order valence-electron chi connectivity index (χ4n) is 2.81. The van der Waals surface area contributed by atoms with E-state index in [-0.39, 0.29) is 5.75 Å². The molecule has 0 aliphatic carbocycles. The van der Waals surface area contributed by atoms with Gasteiger partial charge >= 0.3 is 17.8 Å². The van der Waals surface area contributed by atoms with Crippen molar-refractivity contribution in [2.75, 3.05) is 12.4 Å². The van der Waals surface area contributed by atoms with Crippen LogP contribution in [-0.2, 0) is 9.59 Å². The summed E-state index contributed by atoms with van der Waals surface area (Å²) in [4.78, 5) is 36.7. The number of nitrogens with zero attached hydrogens (tertiary/aromatic N) is 1. The highest BCUT2D eigenvalue weighted by atomic mass is 16.5. The Kier molecular flexibility index (Phi) is 7.54. The number of methoxy groups -OCH3 is 1. The number of anilines is 1. The van der Waals surface area contributed by atoms with Crippen molar-refractivity contribution in [1.29, 1.82) is 0 Å². The average molecular weight is 445 g/mol. The van der Waals surface area contributed by atoms with Gasteiger partial charge in [0.2, 0.25) is 0 Å². The molecule has 0 radical (unpaired) electrons. The van der Waals surface area contributed by atoms with Crippen molar-refractivity contribution in [2.24, 2.45) is 5.10 Å². The van der Waals surface area contributed by atoms with Gasteiger partial charge in [-0.2, -0.15) is 5.10 Å². The van der Waals surface area contributed by atoms with Gasteiger partial charge in [0, 0.05) is 11.3 Å². The largest absolute Gasteiger partial charge is 0.497 e. The minimum absolute atomic E-state index is 0.279. The molecule has 0 heterocycles. The van der Waals surface area contributed by atoms with Crippen molar-refractivity contribution in [2.45, 2.75) is 13.8 Å². The monoisotopic (exact) mass is 445 g/mol. The lowest BCUT2D eigenvalue weighted by Crippen LogP contribution is -2.33. The zero-order valence-corrected chi connectivity index (χ0v) is 18.4. The number of esters is 1. The number of aryl methyl sites for hydroxylation is 1. The molecule has 3 rings (SSSR count). The summed E-state index contributed by atoms with van der Waals surface area (Å²) in [6.07, 6.45) is 0. The van der Waals surface area contributed by atoms with Crippen LogP contribution in [0.25, 0.3) is 0 Å². The van der Waals surface area contributed by atoms with Gasteiger partial charge in [-0.05, 0) is 62.4 Å². The highest BCUT2D eigenvalue weighted by molar-refractivity contribution is 6.39. The van der Waals surface area contributed by atoms with Crippen molar-refractivity contribution >= 4 is 29.2 Å². The van der Waals surface area contributed by atoms with Crippen molar-refractivity contribution in [3.63, 3.8) is 0 Å². The second-order valence-corrected chi connectivity index (χ2v) is 7.07. The summed E-state index contributed by atoms with van der Waals surface area (Å²) in [5.41, 5.74) is 4.94. The number of para-hydroxylation sites is 1. The summed E-state index contributed by atoms with van der Waals surface area (Å²) in [5.74, 6) is -1.44. The molecular formula is C25H23N3O5. The molecule has 8 nitrogen and oxygen atoms in total. The first-order valence-corrected chi connectivity index (χ1v) is 10.1. The van der Waals surface area contributed by atoms with Gasteiger partial charge in [0.15, 0.2) is 0 Å². The van der Waals surface area contributed by atoms with E-state index < -0.39 is 17.8 Å². The highest BCUT2D eigenvalue weighted by Crippen LogP contribution is 2.20. The Labute approximate surface area is 191 Å². The third kappa shape index (κ3) is 6.27. The molecule has 0 fully saturated rings. The summed E-state index contributed by atoms with van der Waals surface area (Å²) >= 11 is 0. The summed E-state index contributed by atoms with van der Waals surface area (Å²) in [7, 11) is 1.53. The summed E-state index contributed by atoms with van der Waals surface area (Å²) in [5, 5.41) is 6.45. The van der Waals surface area contributed by atoms with E-state index in [1.807, 2.05) is 19.1 Å². The Morgan fingerprint density at radius 3 is 2.18 bits per heavy atom. The number of hydrazone groups is 1. The molecule has 0 aromatic heterocycles. The molecule has 8 heteroatoms. The van der Waals surface area contributed by atoms with Crippen LogP contribution in [0.15, 0.2) is 77.9 Å². The van der Waals surface area contributed by atoms with Gasteiger partial charge in [-0.15, -0.1) is 0 Å². The van der Waals surface area contributed by atoms with Gasteiger partial charge in [-0.3, -0.25) is 9.59 Å². The van der Waals surface area contributed by atoms with Gasteiger partial charge in [-0.1, -0.05) is 29.8 Å². The zero-order chi connectivity index (χ0) is 23.8. The second-order valence-electron chi connectivity index (χ2n) is 7.07. The van der Waals surface area contributed by atoms with E-state index in [0.717, 1.165) is 5.56 Å². The second kappa shape index (κ2) is 10.7. The van der Waals surface area contributed by atoms with Crippen LogP contribution in [0.3, 0.4) is 0 Å². The third-order valence-corrected chi connectivity index (χ3v) is 4.65. The maximum Gasteiger partial charge on any atom is 0.343 e. The van der Waals surface area contributed by atoms with Crippen molar-refractivity contribution < 1.29 is 23.9 Å². The Morgan fingerprint density at radius 2 is 1.52 bits per heavy atom. The van der Waals surface area contributed by atoms with E-state index in [0.29, 0.717) is 28.3 Å². The van der Waals surface area contributed by atoms with Crippen molar-refractivity contribution in [3.8, 4) is 11.5 Å². The lowest BCUT2D eigenvalue weighted by atomic mass is 10.1. The van der Waals surface area contributed by atoms with Gasteiger partial charge in [0.05, 0.1) is 18.4 Å². The molecule has 0 saturated heterocycles. The molecule has 0 unspecified atom stereocenters. The Morgan fingerprint density at radius 1 is 0.848 bits per heavy atom. The minimum Gasteiger partial charge on any atom is -0.497 e. The third-order valence-electron chi connectivity index (χ3n) is 4.65. The molecule has 0 spiro atoms. The summed E-state index contributed by atoms with van der Waals surface area (Å²) in [6.45, 7) is 3.55. The number of hydrogen-bond acceptors (Lipinski definition) is 6. The molecule has 168 valence electrons. The predicted molar refractivity (Wildman–Crippen MR) is 125 cm³/mol. The van der Waals surface area contributed by atoms with E-state index in [1.54, 1.807) is 67.6 Å². The lowest BCUT2D eigenvalue weighted by molar-refractivity contribution is -0.136. The standard InChI is InChI=1S/C25H23N3O5/c1-16-8-10-18(11-9-16)25(31)33-22-7-5-4-6-21(22)17(2)27-28-24(30)23(29)26-19-12-14-20(32-3)15-13-19/h4-15H,1-3H3,(H,26,29)(H,28,30). The van der Waals surface area contributed by atoms with Crippen molar-refractivity contribution in [3.05, 3.63) is 89.5 Å². The Bertz CT molecular complexity index is 1190. The summed E-state index contributed by atoms with van der Waals surface area (Å²) in [6, 6.07) is 20.3. The Balaban J connectivity index is 1.66. The first kappa shape index (κ1) is 23.2. The van der Waals surface area contributed by atoms with Crippen LogP contribution < -0.4 is 20.2 Å². The SMILES string of the molecule is COc1ccc(NC(=O)C(=O)NN=C(C)c2ccccc2OC(=O)c2ccc(C)cc2)cc1. The van der Waals surface area contributed by atoms with Gasteiger partial charge in [0.25, 0.3) is 0 Å². The Hall–Kier alpha value is -4.46. The van der Waals surface area contributed by atoms with E-state index in [4.69, 9.17) is 9.47 Å². The predicted octanol–water partition coefficient (Wildman–Crippen LogP) is 3.70. The molecule has 2 N–H and O–H groups in total. The van der Waals surface area contributed by atoms with Gasteiger partial charge in [-0.25, -0.2) is 10.2 Å². The van der Waals surface area contributed by atoms with Gasteiger partial charge < -0.3 is 14.8 Å². The topological polar surface area (TPSA) is 106 Å². The van der Waals surface area contributed by atoms with E-state index in [1.165, 1.54) is 7.11 Å². The number of ether oxygens (including phenoxy) is 2. The van der Waals surface area contributed by atoms with Crippen molar-refractivity contribution in [1.82, 2.24) is 5.43 Å². The number of amides is 2. The lowest BCUT2D eigenvalue weighted by Gasteiger charge is -2.10. The quantitative estimate of drug-likeness (QED) is 0.198. The molecule has 33 heavy (non-hydrogen) atoms. The average Bonchev–Trinajstić information content (AvgIpc) is 2.83. The fraction of sp³-hybridized carbons (Fsp3) is 0.120. The minimum atomic E-state index is -0.945. The maximum absolute atomic E-state index is 12.5. The molecule has 3 aromatic carbocycles. The first-order chi connectivity index (χ1) is 15.9. The molecule has 2 amide bonds. The fourth-order valence-corrected chi connectivity index (χ4v) is 2.81. The number of rotatable bonds is 6. The maximum atomic E-state index is 12.5. The number of carbonyl (C=O) groups is 3. The normalized spacial score (nSPS) is 10.8. The highest BCUT2D eigenvalue weighted by Gasteiger charge is 2.16. The van der Waals surface area contributed by atoms with E-state index >= 15 is 0 Å². The number of hydrogen-bond donors (Lipinski definition) is 2. The molecular weight excluding hydrogens is 422 g/mol. The van der Waals surface area contributed by atoms with Crippen LogP contribution in [0.5, 0.6) is 11.5 Å². The number of nitrogens with one attached hydrogen (secondary N) is 2. The smallest absolute Gasteiger partial charge is 0.343 e. The van der Waals surface area contributed by atoms with Crippen LogP contribution in [0, 0.1) is 6.92 Å². The summed E-state index contributed by atoms with van der Waals surface area (Å²) < 4.78 is 10.6. The molecule has 3 aromatic rings. The molecule has 0 aliphatic rings. The van der Waals surface area contributed by atoms with Crippen LogP contribution in [0.4, 0.5) is 5.69 Å². The van der Waals surface area contributed by atoms with E-state index in [9.17, 15) is 14.4 Å². The number of benzene rings is 3. The van der Waals surface area contributed by atoms with Crippen LogP contribution in [0.2, 0.25) is 0 Å². The van der Waals surface area contributed by atoms with Gasteiger partial charge in [0.1, 0.15) is 11.5 Å². The zero-order valence-electron chi connectivity index (χ0n) is 18.4. The molecule has 0 saturated carbocycles.